The van der Waals surface area contributed by atoms with Crippen molar-refractivity contribution >= 4 is 36.2 Å². The molecule has 2 aliphatic heterocycles. The third-order valence-corrected chi connectivity index (χ3v) is 4.84. The number of rotatable bonds is 3. The number of piperazine rings is 1. The minimum Gasteiger partial charge on any atom is -0.381 e. The number of nitrogens with one attached hydrogen (secondary N) is 1. The number of halogens is 2. The highest BCUT2D eigenvalue weighted by atomic mass is 35.5. The maximum Gasteiger partial charge on any atom is 0.0469 e. The fourth-order valence-electron chi connectivity index (χ4n) is 3.22. The molecule has 0 spiro atoms. The first-order chi connectivity index (χ1) is 8.95. The van der Waals surface area contributed by atoms with Crippen LogP contribution in [0.2, 0.25) is 0 Å². The summed E-state index contributed by atoms with van der Waals surface area (Å²) in [6.45, 7) is 6.50. The van der Waals surface area contributed by atoms with Gasteiger partial charge < -0.3 is 10.1 Å². The second-order valence-corrected chi connectivity index (χ2v) is 6.02. The van der Waals surface area contributed by atoms with Gasteiger partial charge in [0.15, 0.2) is 0 Å². The van der Waals surface area contributed by atoms with Crippen LogP contribution in [0.25, 0.3) is 0 Å². The summed E-state index contributed by atoms with van der Waals surface area (Å²) < 4.78 is 5.53. The van der Waals surface area contributed by atoms with Gasteiger partial charge in [0.05, 0.1) is 0 Å². The molecule has 0 bridgehead atoms. The van der Waals surface area contributed by atoms with Crippen LogP contribution < -0.4 is 5.32 Å². The van der Waals surface area contributed by atoms with Gasteiger partial charge in [0.2, 0.25) is 0 Å². The first-order valence-electron chi connectivity index (χ1n) is 7.00. The van der Waals surface area contributed by atoms with Crippen molar-refractivity contribution in [1.82, 2.24) is 10.2 Å². The molecule has 2 fully saturated rings. The Hall–Kier alpha value is 0.160. The van der Waals surface area contributed by atoms with Crippen molar-refractivity contribution in [3.8, 4) is 0 Å². The van der Waals surface area contributed by atoms with Crippen molar-refractivity contribution in [2.24, 2.45) is 5.92 Å². The van der Waals surface area contributed by atoms with E-state index in [4.69, 9.17) is 4.74 Å². The average molecular weight is 339 g/mol. The summed E-state index contributed by atoms with van der Waals surface area (Å²) in [5.74, 6) is 0.770. The Balaban J connectivity index is 0.000001000. The van der Waals surface area contributed by atoms with Crippen LogP contribution in [0.4, 0.5) is 0 Å². The largest absolute Gasteiger partial charge is 0.381 e. The van der Waals surface area contributed by atoms with Crippen molar-refractivity contribution in [2.45, 2.75) is 18.9 Å². The predicted octanol–water partition coefficient (Wildman–Crippen LogP) is 2.96. The van der Waals surface area contributed by atoms with E-state index in [1.165, 1.54) is 31.5 Å². The Morgan fingerprint density at radius 3 is 2.50 bits per heavy atom. The first kappa shape index (κ1) is 18.2. The number of nitrogens with zero attached hydrogens (tertiary/aromatic N) is 1. The lowest BCUT2D eigenvalue weighted by Crippen LogP contribution is -2.47. The lowest BCUT2D eigenvalue weighted by Gasteiger charge is -2.40. The fourth-order valence-corrected chi connectivity index (χ4v) is 3.91. The van der Waals surface area contributed by atoms with Crippen LogP contribution in [0.15, 0.2) is 16.8 Å². The zero-order valence-electron chi connectivity index (χ0n) is 11.6. The molecule has 3 nitrogen and oxygen atoms in total. The van der Waals surface area contributed by atoms with E-state index >= 15 is 0 Å². The van der Waals surface area contributed by atoms with Crippen LogP contribution in [-0.2, 0) is 4.74 Å². The molecule has 3 heterocycles. The van der Waals surface area contributed by atoms with Gasteiger partial charge in [-0.2, -0.15) is 11.3 Å². The minimum absolute atomic E-state index is 0. The molecule has 0 saturated carbocycles. The van der Waals surface area contributed by atoms with Crippen molar-refractivity contribution in [3.63, 3.8) is 0 Å². The van der Waals surface area contributed by atoms with Crippen LogP contribution >= 0.6 is 36.2 Å². The van der Waals surface area contributed by atoms with Gasteiger partial charge in [-0.3, -0.25) is 4.90 Å². The molecule has 0 amide bonds. The number of thiophene rings is 1. The molecule has 1 N–H and O–H groups in total. The maximum atomic E-state index is 5.53. The molecular formula is C14H24Cl2N2OS. The summed E-state index contributed by atoms with van der Waals surface area (Å²) in [5, 5.41) is 8.00. The lowest BCUT2D eigenvalue weighted by atomic mass is 9.87. The quantitative estimate of drug-likeness (QED) is 0.916. The van der Waals surface area contributed by atoms with Crippen LogP contribution in [0.1, 0.15) is 24.4 Å². The van der Waals surface area contributed by atoms with Gasteiger partial charge in [0.1, 0.15) is 0 Å². The summed E-state index contributed by atoms with van der Waals surface area (Å²) in [6, 6.07) is 2.93. The molecule has 0 aromatic carbocycles. The van der Waals surface area contributed by atoms with Crippen LogP contribution in [0.5, 0.6) is 0 Å². The fraction of sp³-hybridized carbons (Fsp3) is 0.714. The van der Waals surface area contributed by atoms with E-state index in [9.17, 15) is 0 Å². The van der Waals surface area contributed by atoms with E-state index < -0.39 is 0 Å². The second kappa shape index (κ2) is 9.23. The van der Waals surface area contributed by atoms with Gasteiger partial charge in [-0.15, -0.1) is 24.8 Å². The topological polar surface area (TPSA) is 24.5 Å². The molecule has 2 aliphatic rings. The summed E-state index contributed by atoms with van der Waals surface area (Å²) in [4.78, 5) is 2.68. The molecule has 20 heavy (non-hydrogen) atoms. The Morgan fingerprint density at radius 1 is 1.20 bits per heavy atom. The predicted molar refractivity (Wildman–Crippen MR) is 89.5 cm³/mol. The van der Waals surface area contributed by atoms with E-state index in [0.29, 0.717) is 6.04 Å². The SMILES string of the molecule is Cl.Cl.c1cc([C@H](C2CCOCC2)N2CCNCC2)cs1. The van der Waals surface area contributed by atoms with E-state index in [1.54, 1.807) is 0 Å². The summed E-state index contributed by atoms with van der Waals surface area (Å²) in [5.41, 5.74) is 1.52. The molecule has 0 aliphatic carbocycles. The van der Waals surface area contributed by atoms with Crippen molar-refractivity contribution in [3.05, 3.63) is 22.4 Å². The molecule has 116 valence electrons. The van der Waals surface area contributed by atoms with E-state index in [0.717, 1.165) is 32.2 Å². The number of hydrogen-bond donors (Lipinski definition) is 1. The Morgan fingerprint density at radius 2 is 1.90 bits per heavy atom. The van der Waals surface area contributed by atoms with Crippen molar-refractivity contribution < 1.29 is 4.74 Å². The Kier molecular flexibility index (Phi) is 8.41. The molecule has 0 unspecified atom stereocenters. The van der Waals surface area contributed by atoms with Crippen molar-refractivity contribution in [1.29, 1.82) is 0 Å². The summed E-state index contributed by atoms with van der Waals surface area (Å²) in [7, 11) is 0. The molecule has 2 saturated heterocycles. The molecule has 1 atom stereocenters. The molecule has 3 rings (SSSR count). The highest BCUT2D eigenvalue weighted by Crippen LogP contribution is 2.36. The monoisotopic (exact) mass is 338 g/mol. The number of ether oxygens (including phenoxy) is 1. The smallest absolute Gasteiger partial charge is 0.0469 e. The van der Waals surface area contributed by atoms with Crippen molar-refractivity contribution in [2.75, 3.05) is 39.4 Å². The molecular weight excluding hydrogens is 315 g/mol. The highest BCUT2D eigenvalue weighted by Gasteiger charge is 2.31. The van der Waals surface area contributed by atoms with Gasteiger partial charge in [-0.05, 0) is 41.1 Å². The molecule has 0 radical (unpaired) electrons. The van der Waals surface area contributed by atoms with Crippen LogP contribution in [-0.4, -0.2) is 44.3 Å². The van der Waals surface area contributed by atoms with E-state index in [-0.39, 0.29) is 24.8 Å². The number of hydrogen-bond acceptors (Lipinski definition) is 4. The summed E-state index contributed by atoms with van der Waals surface area (Å²) in [6.07, 6.45) is 2.43. The Bertz CT molecular complexity index is 334. The Labute approximate surface area is 137 Å². The first-order valence-corrected chi connectivity index (χ1v) is 7.94. The third kappa shape index (κ3) is 4.33. The molecule has 6 heteroatoms. The highest BCUT2D eigenvalue weighted by molar-refractivity contribution is 7.07. The second-order valence-electron chi connectivity index (χ2n) is 5.24. The van der Waals surface area contributed by atoms with E-state index in [1.807, 2.05) is 11.3 Å². The zero-order valence-corrected chi connectivity index (χ0v) is 14.1. The summed E-state index contributed by atoms with van der Waals surface area (Å²) >= 11 is 1.82. The lowest BCUT2D eigenvalue weighted by molar-refractivity contribution is 0.0214. The van der Waals surface area contributed by atoms with Gasteiger partial charge >= 0.3 is 0 Å². The van der Waals surface area contributed by atoms with Gasteiger partial charge in [-0.1, -0.05) is 0 Å². The normalized spacial score (nSPS) is 22.6. The van der Waals surface area contributed by atoms with E-state index in [2.05, 4.69) is 27.0 Å². The standard InChI is InChI=1S/C14H22N2OS.2ClH/c1-8-17-9-2-12(1)14(13-3-10-18-11-13)16-6-4-15-5-7-16;;/h3,10-12,14-15H,1-2,4-9H2;2*1H/t14-;;/m0../s1. The molecule has 1 aromatic heterocycles. The zero-order chi connectivity index (χ0) is 12.2. The maximum absolute atomic E-state index is 5.53. The average Bonchev–Trinajstić information content (AvgIpc) is 2.95. The van der Waals surface area contributed by atoms with Crippen LogP contribution in [0.3, 0.4) is 0 Å². The third-order valence-electron chi connectivity index (χ3n) is 4.14. The van der Waals surface area contributed by atoms with Gasteiger partial charge in [0, 0.05) is 45.4 Å². The van der Waals surface area contributed by atoms with Gasteiger partial charge in [-0.25, -0.2) is 0 Å². The minimum atomic E-state index is 0. The van der Waals surface area contributed by atoms with Gasteiger partial charge in [0.25, 0.3) is 0 Å². The van der Waals surface area contributed by atoms with Crippen LogP contribution in [0, 0.1) is 5.92 Å². The molecule has 1 aromatic rings.